The maximum absolute atomic E-state index is 2.53. The molecule has 0 bridgehead atoms. The molecule has 2 aliphatic carbocycles. The minimum Gasteiger partial charge on any atom is -0.310 e. The third-order valence-electron chi connectivity index (χ3n) is 14.9. The number of benzene rings is 11. The Bertz CT molecular complexity index is 3830. The molecule has 69 heavy (non-hydrogen) atoms. The lowest BCUT2D eigenvalue weighted by atomic mass is 9.64. The molecule has 11 aromatic rings. The van der Waals surface area contributed by atoms with Crippen molar-refractivity contribution in [3.8, 4) is 44.5 Å². The van der Waals surface area contributed by atoms with Crippen LogP contribution >= 0.6 is 0 Å². The lowest BCUT2D eigenvalue weighted by Gasteiger charge is -2.38. The van der Waals surface area contributed by atoms with E-state index in [1.165, 1.54) is 99.1 Å². The summed E-state index contributed by atoms with van der Waals surface area (Å²) in [7, 11) is 0. The number of allylic oxidation sites excluding steroid dienone is 4. The predicted octanol–water partition coefficient (Wildman–Crippen LogP) is 18.5. The zero-order valence-corrected chi connectivity index (χ0v) is 38.6. The number of fused-ring (bicyclic) bond motifs is 6. The molecule has 0 saturated carbocycles. The van der Waals surface area contributed by atoms with Crippen molar-refractivity contribution >= 4 is 49.4 Å². The van der Waals surface area contributed by atoms with Gasteiger partial charge in [0.1, 0.15) is 0 Å². The molecule has 0 spiro atoms. The lowest BCUT2D eigenvalue weighted by Crippen LogP contribution is -2.31. The second-order valence-corrected chi connectivity index (χ2v) is 18.9. The van der Waals surface area contributed by atoms with Crippen LogP contribution in [0.2, 0.25) is 0 Å². The van der Waals surface area contributed by atoms with Gasteiger partial charge in [-0.25, -0.2) is 0 Å². The fraction of sp³-hybridized carbons (Fsp3) is 0.0588. The molecule has 0 saturated heterocycles. The standard InChI is InChI=1S/C68H49N/c1-46-16-13-25-55(42-46)68(54-23-3-2-4-24-54)65-31-12-11-28-62(65)63-41-39-57(45-66(63)68)69(56-37-34-48(35-38-56)52-33-32-47-17-5-6-20-51(47)43-52)67-44-53(60-29-14-21-49-18-7-9-26-58(49)60)36-40-64(67)61-30-15-22-50-19-8-10-27-59(50)61/h2-41,43-46H,42H2,1H3. The quantitative estimate of drug-likeness (QED) is 0.147. The maximum atomic E-state index is 2.53. The van der Waals surface area contributed by atoms with Crippen molar-refractivity contribution in [2.24, 2.45) is 5.92 Å². The number of rotatable bonds is 8. The number of hydrogen-bond donors (Lipinski definition) is 0. The predicted molar refractivity (Wildman–Crippen MR) is 293 cm³/mol. The van der Waals surface area contributed by atoms with Gasteiger partial charge in [0.25, 0.3) is 0 Å². The van der Waals surface area contributed by atoms with Gasteiger partial charge < -0.3 is 4.90 Å². The smallest absolute Gasteiger partial charge is 0.0677 e. The third-order valence-corrected chi connectivity index (χ3v) is 14.9. The molecule has 1 heteroatoms. The monoisotopic (exact) mass is 879 g/mol. The molecule has 0 heterocycles. The first-order valence-corrected chi connectivity index (χ1v) is 24.3. The zero-order valence-electron chi connectivity index (χ0n) is 38.6. The first kappa shape index (κ1) is 40.7. The van der Waals surface area contributed by atoms with Crippen LogP contribution in [0.3, 0.4) is 0 Å². The fourth-order valence-electron chi connectivity index (χ4n) is 11.7. The molecule has 2 aliphatic rings. The van der Waals surface area contributed by atoms with E-state index in [2.05, 4.69) is 273 Å². The van der Waals surface area contributed by atoms with Crippen molar-refractivity contribution in [1.82, 2.24) is 0 Å². The van der Waals surface area contributed by atoms with E-state index in [0.29, 0.717) is 5.92 Å². The molecule has 1 nitrogen and oxygen atoms in total. The summed E-state index contributed by atoms with van der Waals surface area (Å²) in [5.41, 5.74) is 17.9. The third kappa shape index (κ3) is 6.76. The molecule has 0 N–H and O–H groups in total. The van der Waals surface area contributed by atoms with Gasteiger partial charge in [-0.2, -0.15) is 0 Å². The molecule has 0 amide bonds. The summed E-state index contributed by atoms with van der Waals surface area (Å²) in [6, 6.07) is 90.4. The Labute approximate surface area is 404 Å². The average molecular weight is 880 g/mol. The average Bonchev–Trinajstić information content (AvgIpc) is 3.71. The van der Waals surface area contributed by atoms with Gasteiger partial charge in [-0.1, -0.05) is 237 Å². The van der Waals surface area contributed by atoms with Gasteiger partial charge in [0.2, 0.25) is 0 Å². The molecule has 2 unspecified atom stereocenters. The Hall–Kier alpha value is -8.52. The fourth-order valence-corrected chi connectivity index (χ4v) is 11.7. The van der Waals surface area contributed by atoms with Crippen LogP contribution in [0.4, 0.5) is 17.1 Å². The first-order valence-electron chi connectivity index (χ1n) is 24.3. The van der Waals surface area contributed by atoms with Gasteiger partial charge in [0.15, 0.2) is 0 Å². The largest absolute Gasteiger partial charge is 0.310 e. The minimum atomic E-state index is -0.489. The molecule has 0 fully saturated rings. The van der Waals surface area contributed by atoms with Gasteiger partial charge in [-0.15, -0.1) is 0 Å². The number of nitrogens with zero attached hydrogens (tertiary/aromatic N) is 1. The molecule has 326 valence electrons. The molecule has 0 radical (unpaired) electrons. The molecule has 2 atom stereocenters. The van der Waals surface area contributed by atoms with Crippen LogP contribution in [0.5, 0.6) is 0 Å². The van der Waals surface area contributed by atoms with Gasteiger partial charge >= 0.3 is 0 Å². The summed E-state index contributed by atoms with van der Waals surface area (Å²) in [5.74, 6) is 0.419. The Morgan fingerprint density at radius 1 is 0.391 bits per heavy atom. The van der Waals surface area contributed by atoms with E-state index in [-0.39, 0.29) is 0 Å². The summed E-state index contributed by atoms with van der Waals surface area (Å²) >= 11 is 0. The van der Waals surface area contributed by atoms with E-state index in [1.54, 1.807) is 0 Å². The van der Waals surface area contributed by atoms with Crippen molar-refractivity contribution in [3.05, 3.63) is 283 Å². The summed E-state index contributed by atoms with van der Waals surface area (Å²) in [5, 5.41) is 7.40. The van der Waals surface area contributed by atoms with E-state index >= 15 is 0 Å². The van der Waals surface area contributed by atoms with Crippen LogP contribution < -0.4 is 4.90 Å². The van der Waals surface area contributed by atoms with Crippen LogP contribution in [-0.4, -0.2) is 0 Å². The Balaban J connectivity index is 1.10. The molecular weight excluding hydrogens is 831 g/mol. The first-order chi connectivity index (χ1) is 34.1. The minimum absolute atomic E-state index is 0.419. The van der Waals surface area contributed by atoms with E-state index in [1.807, 2.05) is 0 Å². The lowest BCUT2D eigenvalue weighted by molar-refractivity contribution is 0.615. The van der Waals surface area contributed by atoms with Crippen molar-refractivity contribution < 1.29 is 0 Å². The highest BCUT2D eigenvalue weighted by Crippen LogP contribution is 2.59. The summed E-state index contributed by atoms with van der Waals surface area (Å²) in [6.45, 7) is 2.35. The number of hydrogen-bond acceptors (Lipinski definition) is 1. The van der Waals surface area contributed by atoms with Gasteiger partial charge in [0.05, 0.1) is 11.1 Å². The Kier molecular flexibility index (Phi) is 9.84. The highest BCUT2D eigenvalue weighted by atomic mass is 15.1. The van der Waals surface area contributed by atoms with Gasteiger partial charge in [-0.05, 0) is 137 Å². The Morgan fingerprint density at radius 3 is 1.75 bits per heavy atom. The highest BCUT2D eigenvalue weighted by molar-refractivity contribution is 6.04. The molecule has 0 aromatic heterocycles. The van der Waals surface area contributed by atoms with Crippen molar-refractivity contribution in [1.29, 1.82) is 0 Å². The molecule has 13 rings (SSSR count). The van der Waals surface area contributed by atoms with E-state index in [0.717, 1.165) is 23.5 Å². The zero-order chi connectivity index (χ0) is 45.9. The summed E-state index contributed by atoms with van der Waals surface area (Å²) in [4.78, 5) is 2.53. The Morgan fingerprint density at radius 2 is 0.971 bits per heavy atom. The van der Waals surface area contributed by atoms with E-state index in [4.69, 9.17) is 0 Å². The second kappa shape index (κ2) is 16.7. The summed E-state index contributed by atoms with van der Waals surface area (Å²) in [6.07, 6.45) is 8.02. The molecule has 0 aliphatic heterocycles. The van der Waals surface area contributed by atoms with Crippen LogP contribution in [0, 0.1) is 5.92 Å². The van der Waals surface area contributed by atoms with Crippen LogP contribution in [0.15, 0.2) is 266 Å². The topological polar surface area (TPSA) is 3.24 Å². The van der Waals surface area contributed by atoms with Crippen LogP contribution in [-0.2, 0) is 5.41 Å². The van der Waals surface area contributed by atoms with Crippen LogP contribution in [0.25, 0.3) is 76.8 Å². The highest BCUT2D eigenvalue weighted by Gasteiger charge is 2.48. The van der Waals surface area contributed by atoms with E-state index in [9.17, 15) is 0 Å². The van der Waals surface area contributed by atoms with Crippen molar-refractivity contribution in [2.75, 3.05) is 4.90 Å². The van der Waals surface area contributed by atoms with Crippen molar-refractivity contribution in [2.45, 2.75) is 18.8 Å². The van der Waals surface area contributed by atoms with Gasteiger partial charge in [-0.3, -0.25) is 0 Å². The van der Waals surface area contributed by atoms with E-state index < -0.39 is 5.41 Å². The molecular formula is C68H49N. The normalized spacial score (nSPS) is 16.1. The summed E-state index contributed by atoms with van der Waals surface area (Å²) < 4.78 is 0. The number of anilines is 3. The second-order valence-electron chi connectivity index (χ2n) is 18.9. The van der Waals surface area contributed by atoms with Crippen molar-refractivity contribution in [3.63, 3.8) is 0 Å². The van der Waals surface area contributed by atoms with Gasteiger partial charge in [0, 0.05) is 16.9 Å². The molecule has 11 aromatic carbocycles. The maximum Gasteiger partial charge on any atom is 0.0677 e. The SMILES string of the molecule is CC1C=CC=C(C2(c3ccccc3)c3ccccc3-c3ccc(N(c4ccc(-c5ccc6ccccc6c5)cc4)c4cc(-c5cccc6ccccc56)ccc4-c4cccc5ccccc45)cc32)C1. The van der Waals surface area contributed by atoms with Crippen LogP contribution in [0.1, 0.15) is 30.0 Å².